The third-order valence-corrected chi connectivity index (χ3v) is 6.51. The van der Waals surface area contributed by atoms with Crippen molar-refractivity contribution in [1.29, 1.82) is 0 Å². The van der Waals surface area contributed by atoms with Crippen molar-refractivity contribution >= 4 is 17.6 Å². The first-order valence-electron chi connectivity index (χ1n) is 12.2. The number of likely N-dealkylation sites (tertiary alicyclic amines) is 1. The zero-order valence-electron chi connectivity index (χ0n) is 19.4. The largest absolute Gasteiger partial charge is 0.463 e. The summed E-state index contributed by atoms with van der Waals surface area (Å²) >= 11 is 0. The van der Waals surface area contributed by atoms with Gasteiger partial charge < -0.3 is 20.1 Å². The van der Waals surface area contributed by atoms with Gasteiger partial charge in [0.15, 0.2) is 0 Å². The quantitative estimate of drug-likeness (QED) is 0.498. The Morgan fingerprint density at radius 2 is 1.88 bits per heavy atom. The molecule has 0 amide bonds. The number of benzene rings is 1. The molecule has 1 atom stereocenters. The molecule has 1 aliphatic heterocycles. The predicted octanol–water partition coefficient (Wildman–Crippen LogP) is 4.78. The minimum Gasteiger partial charge on any atom is -0.463 e. The molecule has 2 fully saturated rings. The lowest BCUT2D eigenvalue weighted by Gasteiger charge is -2.23. The lowest BCUT2D eigenvalue weighted by atomic mass is 9.89. The van der Waals surface area contributed by atoms with Crippen LogP contribution in [0.3, 0.4) is 0 Å². The van der Waals surface area contributed by atoms with E-state index in [9.17, 15) is 4.39 Å². The van der Waals surface area contributed by atoms with Gasteiger partial charge in [0, 0.05) is 24.3 Å². The molecule has 0 spiro atoms. The molecule has 8 nitrogen and oxygen atoms in total. The van der Waals surface area contributed by atoms with E-state index >= 15 is 0 Å². The number of aromatic nitrogens is 3. The van der Waals surface area contributed by atoms with Gasteiger partial charge in [0.1, 0.15) is 12.4 Å². The maximum Gasteiger partial charge on any atom is 0.323 e. The van der Waals surface area contributed by atoms with E-state index in [0.717, 1.165) is 26.1 Å². The number of anilines is 3. The van der Waals surface area contributed by atoms with Gasteiger partial charge in [0.2, 0.25) is 18.8 Å². The van der Waals surface area contributed by atoms with Crippen molar-refractivity contribution in [2.24, 2.45) is 5.92 Å². The van der Waals surface area contributed by atoms with E-state index in [2.05, 4.69) is 37.4 Å². The predicted molar refractivity (Wildman–Crippen MR) is 127 cm³/mol. The Morgan fingerprint density at radius 1 is 1.03 bits per heavy atom. The van der Waals surface area contributed by atoms with E-state index < -0.39 is 6.86 Å². The van der Waals surface area contributed by atoms with E-state index in [-0.39, 0.29) is 0 Å². The highest BCUT2D eigenvalue weighted by molar-refractivity contribution is 5.56. The summed E-state index contributed by atoms with van der Waals surface area (Å²) in [5.74, 6) is 1.96. The molecular weight excluding hydrogens is 423 g/mol. The lowest BCUT2D eigenvalue weighted by molar-refractivity contribution is 0.170. The average Bonchev–Trinajstić information content (AvgIpc) is 3.30. The Hall–Kier alpha value is -2.68. The van der Waals surface area contributed by atoms with E-state index in [1.807, 2.05) is 6.07 Å². The second-order valence-electron chi connectivity index (χ2n) is 8.79. The zero-order chi connectivity index (χ0) is 22.9. The van der Waals surface area contributed by atoms with E-state index in [1.165, 1.54) is 38.5 Å². The minimum atomic E-state index is -0.877. The Morgan fingerprint density at radius 3 is 2.70 bits per heavy atom. The van der Waals surface area contributed by atoms with Gasteiger partial charge in [0.05, 0.1) is 0 Å². The second-order valence-corrected chi connectivity index (χ2v) is 8.79. The van der Waals surface area contributed by atoms with Gasteiger partial charge in [-0.25, -0.2) is 4.39 Å². The fourth-order valence-electron chi connectivity index (χ4n) is 4.71. The highest BCUT2D eigenvalue weighted by Gasteiger charge is 2.24. The molecule has 0 radical (unpaired) electrons. The molecule has 0 bridgehead atoms. The molecule has 2 N–H and O–H groups in total. The topological polar surface area (TPSA) is 84.4 Å². The monoisotopic (exact) mass is 458 g/mol. The fourth-order valence-corrected chi connectivity index (χ4v) is 4.71. The molecule has 1 unspecified atom stereocenters. The maximum atomic E-state index is 12.5. The van der Waals surface area contributed by atoms with Crippen LogP contribution in [0.25, 0.3) is 0 Å². The summed E-state index contributed by atoms with van der Waals surface area (Å²) < 4.78 is 23.5. The van der Waals surface area contributed by atoms with Gasteiger partial charge in [-0.05, 0) is 56.8 Å². The number of alkyl halides is 1. The van der Waals surface area contributed by atoms with Crippen molar-refractivity contribution in [2.75, 3.05) is 43.7 Å². The van der Waals surface area contributed by atoms with Crippen LogP contribution in [0.5, 0.6) is 11.8 Å². The van der Waals surface area contributed by atoms with Crippen LogP contribution in [0.2, 0.25) is 0 Å². The van der Waals surface area contributed by atoms with Crippen molar-refractivity contribution in [2.45, 2.75) is 57.9 Å². The van der Waals surface area contributed by atoms with Crippen LogP contribution in [0.15, 0.2) is 24.3 Å². The number of ether oxygens (including phenoxy) is 2. The van der Waals surface area contributed by atoms with Crippen molar-refractivity contribution < 1.29 is 13.9 Å². The van der Waals surface area contributed by atoms with Gasteiger partial charge in [-0.3, -0.25) is 4.90 Å². The number of nitrogens with one attached hydrogen (secondary N) is 2. The Bertz CT molecular complexity index is 880. The summed E-state index contributed by atoms with van der Waals surface area (Å²) in [4.78, 5) is 16.0. The number of hydrogen-bond donors (Lipinski definition) is 2. The minimum absolute atomic E-state index is 0.303. The zero-order valence-corrected chi connectivity index (χ0v) is 19.4. The summed E-state index contributed by atoms with van der Waals surface area (Å²) in [7, 11) is 0. The van der Waals surface area contributed by atoms with Gasteiger partial charge in [-0.1, -0.05) is 32.3 Å². The molecule has 33 heavy (non-hydrogen) atoms. The first-order valence-corrected chi connectivity index (χ1v) is 12.2. The van der Waals surface area contributed by atoms with Gasteiger partial charge in [0.25, 0.3) is 0 Å². The molecule has 180 valence electrons. The van der Waals surface area contributed by atoms with Crippen LogP contribution in [-0.2, 0) is 0 Å². The molecule has 1 aromatic carbocycles. The number of likely N-dealkylation sites (N-methyl/N-ethyl adjacent to an activating group) is 1. The van der Waals surface area contributed by atoms with Crippen LogP contribution in [0.4, 0.5) is 22.0 Å². The van der Waals surface area contributed by atoms with Gasteiger partial charge in [-0.2, -0.15) is 15.0 Å². The number of hydrogen-bond acceptors (Lipinski definition) is 8. The first kappa shape index (κ1) is 23.5. The van der Waals surface area contributed by atoms with Crippen molar-refractivity contribution in [3.05, 3.63) is 24.3 Å². The summed E-state index contributed by atoms with van der Waals surface area (Å²) in [5.41, 5.74) is 0.698. The Kier molecular flexibility index (Phi) is 8.52. The average molecular weight is 459 g/mol. The third kappa shape index (κ3) is 6.90. The van der Waals surface area contributed by atoms with Crippen LogP contribution in [-0.4, -0.2) is 59.0 Å². The summed E-state index contributed by atoms with van der Waals surface area (Å²) in [5, 5.41) is 6.57. The van der Waals surface area contributed by atoms with Gasteiger partial charge >= 0.3 is 6.01 Å². The molecular formula is C24H35FN6O2. The van der Waals surface area contributed by atoms with Crippen molar-refractivity contribution in [3.63, 3.8) is 0 Å². The summed E-state index contributed by atoms with van der Waals surface area (Å²) in [6.07, 6.45) is 8.70. The van der Waals surface area contributed by atoms with Crippen molar-refractivity contribution in [1.82, 2.24) is 19.9 Å². The van der Waals surface area contributed by atoms with E-state index in [4.69, 9.17) is 9.47 Å². The standard InChI is InChI=1S/C24H35FN6O2/c1-2-31-13-7-11-20(31)16-32-24-29-22(26-15-18-8-4-3-5-9-18)28-23(30-24)27-19-10-6-12-21(14-19)33-17-25/h6,10,12,14,18,20H,2-5,7-9,11,13,15-17H2,1H3,(H2,26,27,28,29,30). The Balaban J connectivity index is 1.47. The second kappa shape index (κ2) is 12.0. The molecule has 1 saturated heterocycles. The van der Waals surface area contributed by atoms with Crippen LogP contribution >= 0.6 is 0 Å². The SMILES string of the molecule is CCN1CCCC1COc1nc(NCC2CCCCC2)nc(Nc2cccc(OCF)c2)n1. The maximum absolute atomic E-state index is 12.5. The first-order chi connectivity index (χ1) is 16.2. The van der Waals surface area contributed by atoms with Crippen LogP contribution < -0.4 is 20.1 Å². The lowest BCUT2D eigenvalue weighted by Crippen LogP contribution is -2.34. The number of rotatable bonds is 11. The molecule has 2 aromatic rings. The number of nitrogens with zero attached hydrogens (tertiary/aromatic N) is 4. The third-order valence-electron chi connectivity index (χ3n) is 6.51. The molecule has 2 heterocycles. The smallest absolute Gasteiger partial charge is 0.323 e. The fraction of sp³-hybridized carbons (Fsp3) is 0.625. The highest BCUT2D eigenvalue weighted by Crippen LogP contribution is 2.25. The van der Waals surface area contributed by atoms with Gasteiger partial charge in [-0.15, -0.1) is 0 Å². The molecule has 1 aromatic heterocycles. The van der Waals surface area contributed by atoms with Crippen LogP contribution in [0.1, 0.15) is 51.9 Å². The number of halogens is 1. The summed E-state index contributed by atoms with van der Waals surface area (Å²) in [6, 6.07) is 7.73. The normalized spacial score (nSPS) is 19.4. The van der Waals surface area contributed by atoms with E-state index in [1.54, 1.807) is 18.2 Å². The molecule has 4 rings (SSSR count). The highest BCUT2D eigenvalue weighted by atomic mass is 19.1. The van der Waals surface area contributed by atoms with E-state index in [0.29, 0.717) is 47.9 Å². The molecule has 9 heteroatoms. The molecule has 1 aliphatic carbocycles. The summed E-state index contributed by atoms with van der Waals surface area (Å²) in [6.45, 7) is 4.83. The van der Waals surface area contributed by atoms with Crippen LogP contribution in [0, 0.1) is 5.92 Å². The van der Waals surface area contributed by atoms with Crippen molar-refractivity contribution in [3.8, 4) is 11.8 Å². The molecule has 1 saturated carbocycles. The molecule has 2 aliphatic rings. The Labute approximate surface area is 195 Å².